The summed E-state index contributed by atoms with van der Waals surface area (Å²) in [4.78, 5) is 13.0. The van der Waals surface area contributed by atoms with Crippen molar-refractivity contribution in [3.05, 3.63) is 76.7 Å². The maximum absolute atomic E-state index is 12.4. The van der Waals surface area contributed by atoms with Gasteiger partial charge in [0.15, 0.2) is 4.32 Å². The Kier molecular flexibility index (Phi) is 4.46. The summed E-state index contributed by atoms with van der Waals surface area (Å²) in [7, 11) is 0. The molecule has 22 heavy (non-hydrogen) atoms. The zero-order chi connectivity index (χ0) is 15.4. The van der Waals surface area contributed by atoms with Crippen molar-refractivity contribution in [2.45, 2.75) is 0 Å². The zero-order valence-electron chi connectivity index (χ0n) is 11.5. The molecule has 1 heterocycles. The first-order valence-corrected chi connectivity index (χ1v) is 7.88. The fourth-order valence-corrected chi connectivity index (χ4v) is 3.10. The van der Waals surface area contributed by atoms with Gasteiger partial charge in [-0.15, -0.1) is 0 Å². The van der Waals surface area contributed by atoms with Gasteiger partial charge in [0.2, 0.25) is 0 Å². The van der Waals surface area contributed by atoms with Crippen LogP contribution >= 0.6 is 24.0 Å². The normalized spacial score (nSPS) is 16.9. The molecule has 3 rings (SSSR count). The number of nitrogens with zero attached hydrogens (tertiary/aromatic N) is 2. The summed E-state index contributed by atoms with van der Waals surface area (Å²) in [6.45, 7) is 0. The van der Waals surface area contributed by atoms with Crippen molar-refractivity contribution in [1.82, 2.24) is 5.01 Å². The molecule has 0 aliphatic carbocycles. The lowest BCUT2D eigenvalue weighted by Gasteiger charge is -2.05. The average molecular weight is 324 g/mol. The summed E-state index contributed by atoms with van der Waals surface area (Å²) in [5, 5.41) is 5.47. The van der Waals surface area contributed by atoms with Gasteiger partial charge in [-0.25, -0.2) is 0 Å². The van der Waals surface area contributed by atoms with E-state index < -0.39 is 0 Å². The zero-order valence-corrected chi connectivity index (χ0v) is 13.2. The minimum absolute atomic E-state index is 0.189. The maximum Gasteiger partial charge on any atom is 0.286 e. The monoisotopic (exact) mass is 324 g/mol. The van der Waals surface area contributed by atoms with Crippen molar-refractivity contribution in [3.63, 3.8) is 0 Å². The Balaban J connectivity index is 1.80. The predicted molar refractivity (Wildman–Crippen MR) is 95.5 cm³/mol. The Morgan fingerprint density at radius 2 is 1.55 bits per heavy atom. The van der Waals surface area contributed by atoms with Crippen LogP contribution in [0.4, 0.5) is 0 Å². The molecule has 0 radical (unpaired) electrons. The first-order chi connectivity index (χ1) is 10.7. The molecular formula is C17H12N2OS2. The van der Waals surface area contributed by atoms with Gasteiger partial charge in [0.25, 0.3) is 5.91 Å². The van der Waals surface area contributed by atoms with Gasteiger partial charge in [0, 0.05) is 0 Å². The maximum atomic E-state index is 12.4. The highest BCUT2D eigenvalue weighted by molar-refractivity contribution is 8.26. The highest BCUT2D eigenvalue weighted by Crippen LogP contribution is 2.32. The molecule has 108 valence electrons. The van der Waals surface area contributed by atoms with Gasteiger partial charge in [0.1, 0.15) is 0 Å². The van der Waals surface area contributed by atoms with Gasteiger partial charge in [-0.3, -0.25) is 4.79 Å². The second-order valence-corrected chi connectivity index (χ2v) is 6.24. The van der Waals surface area contributed by atoms with Crippen LogP contribution in [0.2, 0.25) is 0 Å². The fraction of sp³-hybridized carbons (Fsp3) is 0. The summed E-state index contributed by atoms with van der Waals surface area (Å²) >= 11 is 6.51. The first kappa shape index (κ1) is 14.7. The third kappa shape index (κ3) is 3.32. The third-order valence-corrected chi connectivity index (χ3v) is 4.28. The van der Waals surface area contributed by atoms with E-state index in [4.69, 9.17) is 12.2 Å². The van der Waals surface area contributed by atoms with Crippen LogP contribution < -0.4 is 0 Å². The molecule has 1 amide bonds. The number of thioether (sulfide) groups is 1. The van der Waals surface area contributed by atoms with E-state index >= 15 is 0 Å². The highest BCUT2D eigenvalue weighted by Gasteiger charge is 2.31. The molecule has 0 aromatic heterocycles. The van der Waals surface area contributed by atoms with E-state index in [9.17, 15) is 4.79 Å². The molecular weight excluding hydrogens is 312 g/mol. The smallest absolute Gasteiger partial charge is 0.266 e. The molecule has 0 bridgehead atoms. The van der Waals surface area contributed by atoms with Crippen LogP contribution in [-0.4, -0.2) is 21.5 Å². The number of benzene rings is 2. The van der Waals surface area contributed by atoms with Crippen molar-refractivity contribution < 1.29 is 4.79 Å². The minimum Gasteiger partial charge on any atom is -0.266 e. The summed E-state index contributed by atoms with van der Waals surface area (Å²) < 4.78 is 0.444. The van der Waals surface area contributed by atoms with Crippen LogP contribution in [0.5, 0.6) is 0 Å². The van der Waals surface area contributed by atoms with Crippen LogP contribution in [0.25, 0.3) is 6.08 Å². The molecule has 1 fully saturated rings. The fourth-order valence-electron chi connectivity index (χ4n) is 1.92. The summed E-state index contributed by atoms with van der Waals surface area (Å²) in [6.07, 6.45) is 3.47. The quantitative estimate of drug-likeness (QED) is 0.487. The van der Waals surface area contributed by atoms with Crippen LogP contribution in [-0.2, 0) is 4.79 Å². The average Bonchev–Trinajstić information content (AvgIpc) is 2.81. The Bertz CT molecular complexity index is 755. The second-order valence-electron chi connectivity index (χ2n) is 4.56. The standard InChI is InChI=1S/C17H12N2OS2/c20-16-15(11-13-7-3-1-4-8-13)22-17(21)19(16)18-12-14-9-5-2-6-10-14/h1-12H/b15-11-,18-12-. The van der Waals surface area contributed by atoms with Crippen molar-refractivity contribution in [3.8, 4) is 0 Å². The largest absolute Gasteiger partial charge is 0.286 e. The van der Waals surface area contributed by atoms with E-state index in [1.807, 2.05) is 66.7 Å². The molecule has 0 saturated carbocycles. The van der Waals surface area contributed by atoms with Crippen molar-refractivity contribution in [2.75, 3.05) is 0 Å². The molecule has 5 heteroatoms. The van der Waals surface area contributed by atoms with Crippen molar-refractivity contribution in [1.29, 1.82) is 0 Å². The van der Waals surface area contributed by atoms with Gasteiger partial charge in [0.05, 0.1) is 11.1 Å². The number of hydrogen-bond acceptors (Lipinski definition) is 4. The van der Waals surface area contributed by atoms with E-state index in [2.05, 4.69) is 5.10 Å². The van der Waals surface area contributed by atoms with E-state index in [0.29, 0.717) is 9.23 Å². The molecule has 0 atom stereocenters. The Labute approximate surface area is 138 Å². The molecule has 0 spiro atoms. The molecule has 1 aliphatic rings. The van der Waals surface area contributed by atoms with Crippen LogP contribution in [0.15, 0.2) is 70.7 Å². The van der Waals surface area contributed by atoms with Gasteiger partial charge in [-0.2, -0.15) is 10.1 Å². The topological polar surface area (TPSA) is 32.7 Å². The molecule has 0 N–H and O–H groups in total. The lowest BCUT2D eigenvalue weighted by Crippen LogP contribution is -2.22. The predicted octanol–water partition coefficient (Wildman–Crippen LogP) is 3.92. The number of hydrazone groups is 1. The minimum atomic E-state index is -0.189. The summed E-state index contributed by atoms with van der Waals surface area (Å²) in [5.74, 6) is -0.189. The van der Waals surface area contributed by atoms with E-state index in [1.165, 1.54) is 16.8 Å². The van der Waals surface area contributed by atoms with Crippen molar-refractivity contribution in [2.24, 2.45) is 5.10 Å². The Hall–Kier alpha value is -2.24. The van der Waals surface area contributed by atoms with E-state index in [1.54, 1.807) is 6.21 Å². The van der Waals surface area contributed by atoms with Gasteiger partial charge >= 0.3 is 0 Å². The molecule has 2 aromatic rings. The van der Waals surface area contributed by atoms with E-state index in [0.717, 1.165) is 11.1 Å². The number of thiocarbonyl (C=S) groups is 1. The van der Waals surface area contributed by atoms with Crippen LogP contribution in [0.3, 0.4) is 0 Å². The molecule has 0 unspecified atom stereocenters. The number of carbonyl (C=O) groups is 1. The molecule has 1 saturated heterocycles. The van der Waals surface area contributed by atoms with Gasteiger partial charge in [-0.05, 0) is 29.4 Å². The van der Waals surface area contributed by atoms with Crippen LogP contribution in [0, 0.1) is 0 Å². The first-order valence-electron chi connectivity index (χ1n) is 6.66. The second kappa shape index (κ2) is 6.68. The summed E-state index contributed by atoms with van der Waals surface area (Å²) in [6, 6.07) is 19.3. The lowest BCUT2D eigenvalue weighted by molar-refractivity contribution is -0.122. The van der Waals surface area contributed by atoms with Crippen molar-refractivity contribution >= 4 is 46.5 Å². The summed E-state index contributed by atoms with van der Waals surface area (Å²) in [5.41, 5.74) is 1.89. The molecule has 3 nitrogen and oxygen atoms in total. The van der Waals surface area contributed by atoms with Gasteiger partial charge < -0.3 is 0 Å². The number of rotatable bonds is 3. The molecule has 1 aliphatic heterocycles. The SMILES string of the molecule is O=C1/C(=C/c2ccccc2)SC(=S)N1/N=C\c1ccccc1. The molecule has 2 aromatic carbocycles. The number of carbonyl (C=O) groups excluding carboxylic acids is 1. The Morgan fingerprint density at radius 3 is 2.18 bits per heavy atom. The Morgan fingerprint density at radius 1 is 0.955 bits per heavy atom. The number of hydrogen-bond donors (Lipinski definition) is 0. The van der Waals surface area contributed by atoms with Crippen LogP contribution in [0.1, 0.15) is 11.1 Å². The number of amides is 1. The lowest BCUT2D eigenvalue weighted by atomic mass is 10.2. The van der Waals surface area contributed by atoms with E-state index in [-0.39, 0.29) is 5.91 Å². The highest BCUT2D eigenvalue weighted by atomic mass is 32.2. The third-order valence-electron chi connectivity index (χ3n) is 2.99. The van der Waals surface area contributed by atoms with Gasteiger partial charge in [-0.1, -0.05) is 72.4 Å².